The first-order valence-electron chi connectivity index (χ1n) is 8.19. The summed E-state index contributed by atoms with van der Waals surface area (Å²) >= 11 is 0. The zero-order valence-electron chi connectivity index (χ0n) is 14.4. The van der Waals surface area contributed by atoms with Crippen molar-refractivity contribution in [3.8, 4) is 0 Å². The van der Waals surface area contributed by atoms with Crippen molar-refractivity contribution in [1.82, 2.24) is 15.3 Å². The first-order chi connectivity index (χ1) is 12.3. The van der Waals surface area contributed by atoms with Crippen molar-refractivity contribution in [2.45, 2.75) is 38.0 Å². The lowest BCUT2D eigenvalue weighted by atomic mass is 9.67. The van der Waals surface area contributed by atoms with Crippen molar-refractivity contribution in [2.24, 2.45) is 5.41 Å². The fourth-order valence-corrected chi connectivity index (χ4v) is 3.81. The summed E-state index contributed by atoms with van der Waals surface area (Å²) in [5, 5.41) is 26.8. The Bertz CT molecular complexity index is 734. The van der Waals surface area contributed by atoms with Gasteiger partial charge in [-0.3, -0.25) is 35.5 Å². The second-order valence-electron chi connectivity index (χ2n) is 6.91. The Labute approximate surface area is 149 Å². The number of pyridine rings is 2. The van der Waals surface area contributed by atoms with E-state index in [2.05, 4.69) is 15.3 Å². The predicted octanol–water partition coefficient (Wildman–Crippen LogP) is 2.18. The van der Waals surface area contributed by atoms with Gasteiger partial charge in [0, 0.05) is 22.2 Å². The molecule has 0 spiro atoms. The number of nitro groups is 2. The van der Waals surface area contributed by atoms with E-state index in [0.29, 0.717) is 11.4 Å². The molecule has 136 valence electrons. The predicted molar refractivity (Wildman–Crippen MR) is 92.4 cm³/mol. The van der Waals surface area contributed by atoms with Crippen LogP contribution in [-0.4, -0.2) is 31.9 Å². The van der Waals surface area contributed by atoms with E-state index in [1.807, 2.05) is 0 Å². The van der Waals surface area contributed by atoms with Gasteiger partial charge in [0.2, 0.25) is 12.1 Å². The van der Waals surface area contributed by atoms with Crippen LogP contribution < -0.4 is 5.32 Å². The monoisotopic (exact) mass is 357 g/mol. The summed E-state index contributed by atoms with van der Waals surface area (Å²) in [4.78, 5) is 31.3. The van der Waals surface area contributed by atoms with Gasteiger partial charge in [0.05, 0.1) is 11.4 Å². The average molecular weight is 357 g/mol. The molecule has 0 bridgehead atoms. The molecule has 0 aliphatic carbocycles. The van der Waals surface area contributed by atoms with Crippen LogP contribution in [0.1, 0.15) is 37.3 Å². The molecule has 2 aromatic rings. The molecule has 1 N–H and O–H groups in total. The summed E-state index contributed by atoms with van der Waals surface area (Å²) in [6, 6.07) is 6.31. The van der Waals surface area contributed by atoms with Gasteiger partial charge in [0.25, 0.3) is 0 Å². The molecule has 4 atom stereocenters. The van der Waals surface area contributed by atoms with Gasteiger partial charge in [-0.25, -0.2) is 0 Å². The van der Waals surface area contributed by atoms with Crippen molar-refractivity contribution in [1.29, 1.82) is 0 Å². The minimum Gasteiger partial charge on any atom is -0.289 e. The van der Waals surface area contributed by atoms with Gasteiger partial charge >= 0.3 is 0 Å². The van der Waals surface area contributed by atoms with Gasteiger partial charge in [-0.15, -0.1) is 0 Å². The van der Waals surface area contributed by atoms with Gasteiger partial charge in [-0.1, -0.05) is 12.1 Å². The Morgan fingerprint density at radius 2 is 1.31 bits per heavy atom. The summed E-state index contributed by atoms with van der Waals surface area (Å²) in [5.41, 5.74) is -0.280. The highest BCUT2D eigenvalue weighted by atomic mass is 16.6. The fraction of sp³-hybridized carbons (Fsp3) is 0.412. The lowest BCUT2D eigenvalue weighted by molar-refractivity contribution is -0.605. The molecule has 0 amide bonds. The zero-order chi connectivity index (χ0) is 18.9. The quantitative estimate of drug-likeness (QED) is 0.657. The number of nitrogens with one attached hydrogen (secondary N) is 1. The van der Waals surface area contributed by atoms with E-state index in [0.717, 1.165) is 0 Å². The molecule has 1 aliphatic rings. The highest BCUT2D eigenvalue weighted by molar-refractivity contribution is 5.21. The third-order valence-electron chi connectivity index (χ3n) is 4.98. The molecule has 1 fully saturated rings. The largest absolute Gasteiger partial charge is 0.289 e. The van der Waals surface area contributed by atoms with E-state index < -0.39 is 39.4 Å². The lowest BCUT2D eigenvalue weighted by Gasteiger charge is -2.43. The minimum atomic E-state index is -1.23. The first-order valence-corrected chi connectivity index (χ1v) is 8.19. The highest BCUT2D eigenvalue weighted by Gasteiger charge is 2.63. The molecule has 3 rings (SSSR count). The Kier molecular flexibility index (Phi) is 4.64. The molecule has 2 aromatic heterocycles. The van der Waals surface area contributed by atoms with Gasteiger partial charge < -0.3 is 0 Å². The molecule has 0 unspecified atom stereocenters. The van der Waals surface area contributed by atoms with Gasteiger partial charge in [0.1, 0.15) is 17.5 Å². The van der Waals surface area contributed by atoms with Crippen LogP contribution in [0.5, 0.6) is 0 Å². The Morgan fingerprint density at radius 1 is 0.885 bits per heavy atom. The van der Waals surface area contributed by atoms with Crippen LogP contribution in [0.4, 0.5) is 0 Å². The maximum absolute atomic E-state index is 11.9. The van der Waals surface area contributed by atoms with Crippen molar-refractivity contribution in [3.05, 3.63) is 80.4 Å². The Balaban J connectivity index is 2.14. The van der Waals surface area contributed by atoms with Crippen LogP contribution in [0.2, 0.25) is 0 Å². The summed E-state index contributed by atoms with van der Waals surface area (Å²) < 4.78 is 0. The Morgan fingerprint density at radius 3 is 1.62 bits per heavy atom. The molecule has 0 aromatic carbocycles. The molecule has 9 heteroatoms. The third kappa shape index (κ3) is 3.01. The second-order valence-corrected chi connectivity index (χ2v) is 6.91. The van der Waals surface area contributed by atoms with Crippen molar-refractivity contribution in [3.63, 3.8) is 0 Å². The summed E-state index contributed by atoms with van der Waals surface area (Å²) in [5.74, 6) is 0. The minimum absolute atomic E-state index is 0.447. The molecule has 0 radical (unpaired) electrons. The first kappa shape index (κ1) is 17.9. The SMILES string of the molecule is CC1(C)[C@@H]([N+](=O)[O-])[C@@H](c2ccccn2)N[C@H](c2ccccn2)[C@@H]1[N+](=O)[O-]. The van der Waals surface area contributed by atoms with E-state index in [1.165, 1.54) is 0 Å². The van der Waals surface area contributed by atoms with Crippen LogP contribution in [0.25, 0.3) is 0 Å². The van der Waals surface area contributed by atoms with E-state index in [9.17, 15) is 20.2 Å². The van der Waals surface area contributed by atoms with Crippen molar-refractivity contribution < 1.29 is 9.85 Å². The smallest absolute Gasteiger partial charge is 0.245 e. The van der Waals surface area contributed by atoms with E-state index in [-0.39, 0.29) is 0 Å². The van der Waals surface area contributed by atoms with Crippen LogP contribution in [-0.2, 0) is 0 Å². The van der Waals surface area contributed by atoms with Crippen molar-refractivity contribution >= 4 is 0 Å². The molecule has 3 heterocycles. The molecule has 1 aliphatic heterocycles. The number of aromatic nitrogens is 2. The van der Waals surface area contributed by atoms with Crippen molar-refractivity contribution in [2.75, 3.05) is 0 Å². The van der Waals surface area contributed by atoms with E-state index in [1.54, 1.807) is 62.6 Å². The topological polar surface area (TPSA) is 124 Å². The molecule has 9 nitrogen and oxygen atoms in total. The van der Waals surface area contributed by atoms with E-state index in [4.69, 9.17) is 0 Å². The number of piperidine rings is 1. The number of rotatable bonds is 4. The fourth-order valence-electron chi connectivity index (χ4n) is 3.81. The van der Waals surface area contributed by atoms with Crippen LogP contribution >= 0.6 is 0 Å². The average Bonchev–Trinajstić information content (AvgIpc) is 2.60. The molecule has 26 heavy (non-hydrogen) atoms. The summed E-state index contributed by atoms with van der Waals surface area (Å²) in [6.07, 6.45) is 3.10. The van der Waals surface area contributed by atoms with Crippen LogP contribution in [0.3, 0.4) is 0 Å². The maximum atomic E-state index is 11.9. The number of nitrogens with zero attached hydrogens (tertiary/aromatic N) is 4. The second kappa shape index (κ2) is 6.75. The summed E-state index contributed by atoms with van der Waals surface area (Å²) in [7, 11) is 0. The van der Waals surface area contributed by atoms with Gasteiger partial charge in [0.15, 0.2) is 0 Å². The molecule has 1 saturated heterocycles. The standard InChI is InChI=1S/C17H19N5O4/c1-17(2)15(21(23)24)13(11-7-3-5-9-18-11)20-14(16(17)22(25)26)12-8-4-6-10-19-12/h3-10,13-16,20H,1-2H3/t13-,14-,15+,16+/m1/s1. The highest BCUT2D eigenvalue weighted by Crippen LogP contribution is 2.46. The van der Waals surface area contributed by atoms with Gasteiger partial charge in [-0.2, -0.15) is 0 Å². The normalized spacial score (nSPS) is 27.6. The zero-order valence-corrected chi connectivity index (χ0v) is 14.4. The molecule has 0 saturated carbocycles. The maximum Gasteiger partial charge on any atom is 0.245 e. The number of hydrogen-bond acceptors (Lipinski definition) is 7. The summed E-state index contributed by atoms with van der Waals surface area (Å²) in [6.45, 7) is 3.14. The molecular weight excluding hydrogens is 338 g/mol. The van der Waals surface area contributed by atoms with Crippen LogP contribution in [0.15, 0.2) is 48.8 Å². The number of hydrogen-bond donors (Lipinski definition) is 1. The Hall–Kier alpha value is -2.94. The lowest BCUT2D eigenvalue weighted by Crippen LogP contribution is -2.63. The molecular formula is C17H19N5O4. The van der Waals surface area contributed by atoms with Crippen LogP contribution in [0, 0.1) is 25.6 Å². The third-order valence-corrected chi connectivity index (χ3v) is 4.98. The van der Waals surface area contributed by atoms with Gasteiger partial charge in [-0.05, 0) is 38.1 Å². The van der Waals surface area contributed by atoms with E-state index >= 15 is 0 Å².